The van der Waals surface area contributed by atoms with Crippen LogP contribution in [0.5, 0.6) is 11.5 Å². The predicted molar refractivity (Wildman–Crippen MR) is 116 cm³/mol. The normalized spacial score (nSPS) is 11.8. The summed E-state index contributed by atoms with van der Waals surface area (Å²) in [4.78, 5) is 23.5. The van der Waals surface area contributed by atoms with E-state index in [1.54, 1.807) is 12.1 Å². The maximum atomic E-state index is 12.2. The van der Waals surface area contributed by atoms with Crippen LogP contribution < -0.4 is 20.1 Å². The number of carboxylic acid groups (broad SMARTS) is 1. The predicted octanol–water partition coefficient (Wildman–Crippen LogP) is 3.87. The maximum Gasteiger partial charge on any atom is 0.320 e. The number of nitrogens with one attached hydrogen (secondary N) is 2. The Kier molecular flexibility index (Phi) is 8.50. The van der Waals surface area contributed by atoms with Crippen molar-refractivity contribution in [2.45, 2.75) is 33.4 Å². The molecule has 0 heterocycles. The van der Waals surface area contributed by atoms with Crippen molar-refractivity contribution in [3.05, 3.63) is 52.5 Å². The summed E-state index contributed by atoms with van der Waals surface area (Å²) in [6.45, 7) is 5.65. The molecule has 1 atom stereocenters. The Morgan fingerprint density at radius 3 is 2.37 bits per heavy atom. The second kappa shape index (κ2) is 10.8. The van der Waals surface area contributed by atoms with Gasteiger partial charge in [0.1, 0.15) is 6.04 Å². The molecule has 2 rings (SSSR count). The summed E-state index contributed by atoms with van der Waals surface area (Å²) >= 11 is 6.34. The number of carboxylic acids is 1. The van der Waals surface area contributed by atoms with E-state index in [1.165, 1.54) is 7.11 Å². The van der Waals surface area contributed by atoms with Crippen LogP contribution in [0.2, 0.25) is 5.02 Å². The van der Waals surface area contributed by atoms with Crippen molar-refractivity contribution in [2.75, 3.05) is 19.0 Å². The molecule has 0 aliphatic rings. The fourth-order valence-corrected chi connectivity index (χ4v) is 3.01. The zero-order valence-corrected chi connectivity index (χ0v) is 18.2. The molecule has 2 aromatic carbocycles. The number of carbonyl (C=O) groups excluding carboxylic acids is 1. The van der Waals surface area contributed by atoms with E-state index in [2.05, 4.69) is 10.6 Å². The van der Waals surface area contributed by atoms with Gasteiger partial charge in [-0.25, -0.2) is 0 Å². The summed E-state index contributed by atoms with van der Waals surface area (Å²) in [6.07, 6.45) is 0. The molecule has 162 valence electrons. The molecule has 30 heavy (non-hydrogen) atoms. The molecule has 1 amide bonds. The van der Waals surface area contributed by atoms with Gasteiger partial charge in [-0.15, -0.1) is 0 Å². The minimum Gasteiger partial charge on any atom is -0.493 e. The summed E-state index contributed by atoms with van der Waals surface area (Å²) in [5, 5.41) is 15.4. The van der Waals surface area contributed by atoms with Crippen molar-refractivity contribution >= 4 is 29.2 Å². The number of amides is 1. The Morgan fingerprint density at radius 1 is 1.13 bits per heavy atom. The van der Waals surface area contributed by atoms with Gasteiger partial charge in [-0.1, -0.05) is 43.1 Å². The largest absolute Gasteiger partial charge is 0.493 e. The van der Waals surface area contributed by atoms with E-state index in [4.69, 9.17) is 21.1 Å². The number of aliphatic carboxylic acids is 1. The van der Waals surface area contributed by atoms with Crippen LogP contribution in [0, 0.1) is 12.8 Å². The first-order chi connectivity index (χ1) is 14.2. The lowest BCUT2D eigenvalue weighted by Gasteiger charge is -2.19. The number of methoxy groups -OCH3 is 1. The number of halogens is 1. The van der Waals surface area contributed by atoms with Crippen LogP contribution in [-0.4, -0.2) is 36.7 Å². The lowest BCUT2D eigenvalue weighted by Crippen LogP contribution is -2.40. The van der Waals surface area contributed by atoms with Crippen LogP contribution in [0.1, 0.15) is 25.0 Å². The van der Waals surface area contributed by atoms with Gasteiger partial charge in [0.2, 0.25) is 0 Å². The Hall–Kier alpha value is -2.77. The number of rotatable bonds is 10. The average Bonchev–Trinajstić information content (AvgIpc) is 2.69. The van der Waals surface area contributed by atoms with Crippen molar-refractivity contribution < 1.29 is 24.2 Å². The highest BCUT2D eigenvalue weighted by Crippen LogP contribution is 2.33. The molecule has 0 radical (unpaired) electrons. The molecule has 0 fully saturated rings. The number of ether oxygens (including phenoxy) is 2. The van der Waals surface area contributed by atoms with E-state index in [0.717, 1.165) is 5.56 Å². The van der Waals surface area contributed by atoms with Crippen LogP contribution in [0.4, 0.5) is 5.69 Å². The molecule has 0 bridgehead atoms. The lowest BCUT2D eigenvalue weighted by molar-refractivity contribution is -0.140. The van der Waals surface area contributed by atoms with E-state index in [0.29, 0.717) is 27.8 Å². The quantitative estimate of drug-likeness (QED) is 0.525. The molecule has 0 spiro atoms. The fourth-order valence-electron chi connectivity index (χ4n) is 2.79. The SMILES string of the molecule is COc1cc(CNC(C(=O)O)C(C)C)c(Cl)cc1OCC(=O)Nc1ccc(C)cc1. The summed E-state index contributed by atoms with van der Waals surface area (Å²) in [5.74, 6) is -0.603. The van der Waals surface area contributed by atoms with Gasteiger partial charge in [-0.3, -0.25) is 9.59 Å². The van der Waals surface area contributed by atoms with Gasteiger partial charge in [-0.05, 0) is 36.6 Å². The van der Waals surface area contributed by atoms with E-state index >= 15 is 0 Å². The number of hydrogen-bond donors (Lipinski definition) is 3. The number of hydrogen-bond acceptors (Lipinski definition) is 5. The third-order valence-corrected chi connectivity index (χ3v) is 4.82. The molecule has 7 nitrogen and oxygen atoms in total. The molecular weight excluding hydrogens is 408 g/mol. The third-order valence-electron chi connectivity index (χ3n) is 4.47. The highest BCUT2D eigenvalue weighted by atomic mass is 35.5. The topological polar surface area (TPSA) is 96.9 Å². The number of aryl methyl sites for hydroxylation is 1. The number of carbonyl (C=O) groups is 2. The molecule has 0 aliphatic carbocycles. The number of benzene rings is 2. The van der Waals surface area contributed by atoms with E-state index in [-0.39, 0.29) is 25.0 Å². The molecule has 8 heteroatoms. The molecule has 0 aromatic heterocycles. The Bertz CT molecular complexity index is 884. The van der Waals surface area contributed by atoms with E-state index < -0.39 is 12.0 Å². The summed E-state index contributed by atoms with van der Waals surface area (Å²) < 4.78 is 10.9. The summed E-state index contributed by atoms with van der Waals surface area (Å²) in [6, 6.07) is 9.96. The zero-order valence-electron chi connectivity index (χ0n) is 17.5. The van der Waals surface area contributed by atoms with Crippen LogP contribution in [0.3, 0.4) is 0 Å². The smallest absolute Gasteiger partial charge is 0.320 e. The van der Waals surface area contributed by atoms with Gasteiger partial charge in [-0.2, -0.15) is 0 Å². The molecule has 0 saturated carbocycles. The van der Waals surface area contributed by atoms with Crippen molar-refractivity contribution in [2.24, 2.45) is 5.92 Å². The van der Waals surface area contributed by atoms with Crippen molar-refractivity contribution in [3.63, 3.8) is 0 Å². The van der Waals surface area contributed by atoms with Crippen molar-refractivity contribution in [3.8, 4) is 11.5 Å². The van der Waals surface area contributed by atoms with Crippen LogP contribution >= 0.6 is 11.6 Å². The Labute approximate surface area is 181 Å². The van der Waals surface area contributed by atoms with Gasteiger partial charge in [0.15, 0.2) is 18.1 Å². The van der Waals surface area contributed by atoms with Crippen LogP contribution in [0.25, 0.3) is 0 Å². The molecule has 2 aromatic rings. The fraction of sp³-hybridized carbons (Fsp3) is 0.364. The summed E-state index contributed by atoms with van der Waals surface area (Å²) in [5.41, 5.74) is 2.44. The van der Waals surface area contributed by atoms with Crippen LogP contribution in [0.15, 0.2) is 36.4 Å². The zero-order chi connectivity index (χ0) is 22.3. The van der Waals surface area contributed by atoms with Gasteiger partial charge < -0.3 is 25.2 Å². The van der Waals surface area contributed by atoms with Crippen molar-refractivity contribution in [1.82, 2.24) is 5.32 Å². The second-order valence-corrected chi connectivity index (χ2v) is 7.65. The molecular formula is C22H27ClN2O5. The lowest BCUT2D eigenvalue weighted by atomic mass is 10.0. The van der Waals surface area contributed by atoms with E-state index in [9.17, 15) is 14.7 Å². The first kappa shape index (κ1) is 23.5. The highest BCUT2D eigenvalue weighted by molar-refractivity contribution is 6.31. The standard InChI is InChI=1S/C22H27ClN2O5/c1-13(2)21(22(27)28)24-11-15-9-18(29-4)19(10-17(15)23)30-12-20(26)25-16-7-5-14(3)6-8-16/h5-10,13,21,24H,11-12H2,1-4H3,(H,25,26)(H,27,28). The molecule has 0 aliphatic heterocycles. The first-order valence-electron chi connectivity index (χ1n) is 9.53. The Balaban J connectivity index is 2.03. The second-order valence-electron chi connectivity index (χ2n) is 7.24. The monoisotopic (exact) mass is 434 g/mol. The molecule has 1 unspecified atom stereocenters. The maximum absolute atomic E-state index is 12.2. The van der Waals surface area contributed by atoms with Gasteiger partial charge in [0, 0.05) is 23.3 Å². The highest BCUT2D eigenvalue weighted by Gasteiger charge is 2.21. The third kappa shape index (κ3) is 6.64. The molecule has 3 N–H and O–H groups in total. The minimum atomic E-state index is -0.923. The van der Waals surface area contributed by atoms with E-state index in [1.807, 2.05) is 45.0 Å². The average molecular weight is 435 g/mol. The van der Waals surface area contributed by atoms with Gasteiger partial charge in [0.25, 0.3) is 5.91 Å². The van der Waals surface area contributed by atoms with Crippen molar-refractivity contribution in [1.29, 1.82) is 0 Å². The van der Waals surface area contributed by atoms with Crippen LogP contribution in [-0.2, 0) is 16.1 Å². The molecule has 0 saturated heterocycles. The van der Waals surface area contributed by atoms with Gasteiger partial charge >= 0.3 is 5.97 Å². The first-order valence-corrected chi connectivity index (χ1v) is 9.91. The number of anilines is 1. The Morgan fingerprint density at radius 2 is 1.80 bits per heavy atom. The van der Waals surface area contributed by atoms with Gasteiger partial charge in [0.05, 0.1) is 7.11 Å². The summed E-state index contributed by atoms with van der Waals surface area (Å²) in [7, 11) is 1.48. The minimum absolute atomic E-state index is 0.0854.